The minimum Gasteiger partial charge on any atom is -0.373 e. The van der Waals surface area contributed by atoms with Crippen molar-refractivity contribution in [1.29, 1.82) is 0 Å². The number of rotatable bonds is 5. The highest BCUT2D eigenvalue weighted by Crippen LogP contribution is 2.30. The standard InChI is InChI=1S/C20H25N3O2/c1-22(2)15-18-20(17-8-4-3-5-9-17)23(11-12-25-18)19(24)13-16-7-6-10-21-14-16/h3-10,14,18,20H,11-13,15H2,1-2H3/t18-,20-/m0/s1. The number of ether oxygens (including phenoxy) is 1. The third-order valence-corrected chi connectivity index (χ3v) is 4.44. The molecule has 3 rings (SSSR count). The van der Waals surface area contributed by atoms with Crippen LogP contribution < -0.4 is 0 Å². The average Bonchev–Trinajstić information content (AvgIpc) is 2.62. The number of likely N-dealkylation sites (N-methyl/N-ethyl adjacent to an activating group) is 1. The van der Waals surface area contributed by atoms with Crippen molar-refractivity contribution in [1.82, 2.24) is 14.8 Å². The fourth-order valence-corrected chi connectivity index (χ4v) is 3.35. The number of hydrogen-bond acceptors (Lipinski definition) is 4. The van der Waals surface area contributed by atoms with Crippen LogP contribution in [0.4, 0.5) is 0 Å². The highest BCUT2D eigenvalue weighted by atomic mass is 16.5. The maximum Gasteiger partial charge on any atom is 0.227 e. The number of amides is 1. The van der Waals surface area contributed by atoms with Crippen LogP contribution in [0.15, 0.2) is 54.9 Å². The van der Waals surface area contributed by atoms with E-state index in [0.717, 1.165) is 17.7 Å². The normalized spacial score (nSPS) is 20.7. The molecule has 0 bridgehead atoms. The Kier molecular flexibility index (Phi) is 5.79. The molecule has 2 atom stereocenters. The van der Waals surface area contributed by atoms with Gasteiger partial charge < -0.3 is 14.5 Å². The van der Waals surface area contributed by atoms with E-state index in [4.69, 9.17) is 4.74 Å². The summed E-state index contributed by atoms with van der Waals surface area (Å²) in [5, 5.41) is 0. The van der Waals surface area contributed by atoms with Crippen molar-refractivity contribution in [3.63, 3.8) is 0 Å². The summed E-state index contributed by atoms with van der Waals surface area (Å²) in [4.78, 5) is 21.2. The maximum absolute atomic E-state index is 13.0. The van der Waals surface area contributed by atoms with E-state index in [1.165, 1.54) is 0 Å². The molecule has 1 amide bonds. The maximum atomic E-state index is 13.0. The first-order valence-corrected chi connectivity index (χ1v) is 8.65. The highest BCUT2D eigenvalue weighted by molar-refractivity contribution is 5.79. The summed E-state index contributed by atoms with van der Waals surface area (Å²) in [6, 6.07) is 13.9. The zero-order chi connectivity index (χ0) is 17.6. The SMILES string of the molecule is CN(C)C[C@@H]1OCCN(C(=O)Cc2cccnc2)[C@H]1c1ccccc1. The Balaban J connectivity index is 1.85. The van der Waals surface area contributed by atoms with Crippen LogP contribution in [-0.2, 0) is 16.0 Å². The van der Waals surface area contributed by atoms with Crippen molar-refractivity contribution in [3.05, 3.63) is 66.0 Å². The summed E-state index contributed by atoms with van der Waals surface area (Å²) >= 11 is 0. The largest absolute Gasteiger partial charge is 0.373 e. The van der Waals surface area contributed by atoms with Gasteiger partial charge in [0, 0.05) is 25.5 Å². The molecule has 1 aromatic carbocycles. The van der Waals surface area contributed by atoms with Crippen molar-refractivity contribution in [3.8, 4) is 0 Å². The molecule has 0 unspecified atom stereocenters. The Morgan fingerprint density at radius 3 is 2.72 bits per heavy atom. The zero-order valence-electron chi connectivity index (χ0n) is 14.8. The summed E-state index contributed by atoms with van der Waals surface area (Å²) in [5.41, 5.74) is 2.06. The second-order valence-electron chi connectivity index (χ2n) is 6.65. The Hall–Kier alpha value is -2.24. The van der Waals surface area contributed by atoms with Crippen LogP contribution in [0.5, 0.6) is 0 Å². The van der Waals surface area contributed by atoms with E-state index in [-0.39, 0.29) is 18.1 Å². The van der Waals surface area contributed by atoms with Gasteiger partial charge in [0.05, 0.1) is 25.2 Å². The van der Waals surface area contributed by atoms with Gasteiger partial charge in [0.2, 0.25) is 5.91 Å². The number of hydrogen-bond donors (Lipinski definition) is 0. The summed E-state index contributed by atoms with van der Waals surface area (Å²) < 4.78 is 6.04. The molecule has 0 radical (unpaired) electrons. The van der Waals surface area contributed by atoms with Crippen molar-refractivity contribution < 1.29 is 9.53 Å². The van der Waals surface area contributed by atoms with E-state index in [0.29, 0.717) is 19.6 Å². The predicted octanol–water partition coefficient (Wildman–Crippen LogP) is 2.15. The fourth-order valence-electron chi connectivity index (χ4n) is 3.35. The van der Waals surface area contributed by atoms with E-state index in [2.05, 4.69) is 22.0 Å². The van der Waals surface area contributed by atoms with Gasteiger partial charge in [-0.1, -0.05) is 36.4 Å². The lowest BCUT2D eigenvalue weighted by Gasteiger charge is -2.42. The first kappa shape index (κ1) is 17.6. The number of aromatic nitrogens is 1. The molecule has 25 heavy (non-hydrogen) atoms. The smallest absolute Gasteiger partial charge is 0.227 e. The van der Waals surface area contributed by atoms with E-state index in [9.17, 15) is 4.79 Å². The minimum atomic E-state index is -0.0680. The van der Waals surface area contributed by atoms with Gasteiger partial charge in [-0.25, -0.2) is 0 Å². The second-order valence-corrected chi connectivity index (χ2v) is 6.65. The number of nitrogens with zero attached hydrogens (tertiary/aromatic N) is 3. The molecule has 1 aromatic heterocycles. The molecule has 1 aliphatic rings. The molecule has 0 spiro atoms. The van der Waals surface area contributed by atoms with Crippen LogP contribution in [0, 0.1) is 0 Å². The van der Waals surface area contributed by atoms with E-state index < -0.39 is 0 Å². The Morgan fingerprint density at radius 1 is 1.24 bits per heavy atom. The molecule has 1 fully saturated rings. The van der Waals surface area contributed by atoms with Gasteiger partial charge in [0.1, 0.15) is 0 Å². The first-order chi connectivity index (χ1) is 12.1. The average molecular weight is 339 g/mol. The quantitative estimate of drug-likeness (QED) is 0.837. The molecule has 5 heteroatoms. The van der Waals surface area contributed by atoms with Crippen molar-refractivity contribution in [2.75, 3.05) is 33.8 Å². The molecule has 2 aromatic rings. The second kappa shape index (κ2) is 8.23. The molecule has 0 N–H and O–H groups in total. The summed E-state index contributed by atoms with van der Waals surface area (Å²) in [7, 11) is 4.06. The molecule has 1 saturated heterocycles. The van der Waals surface area contributed by atoms with Crippen LogP contribution in [0.3, 0.4) is 0 Å². The number of carbonyl (C=O) groups excluding carboxylic acids is 1. The third-order valence-electron chi connectivity index (χ3n) is 4.44. The van der Waals surface area contributed by atoms with E-state index >= 15 is 0 Å². The molecule has 0 saturated carbocycles. The van der Waals surface area contributed by atoms with E-state index in [1.54, 1.807) is 12.4 Å². The van der Waals surface area contributed by atoms with Gasteiger partial charge in [0.15, 0.2) is 0 Å². The third kappa shape index (κ3) is 4.44. The summed E-state index contributed by atoms with van der Waals surface area (Å²) in [5.74, 6) is 0.119. The number of pyridine rings is 1. The summed E-state index contributed by atoms with van der Waals surface area (Å²) in [6.45, 7) is 1.96. The number of morpholine rings is 1. The molecule has 2 heterocycles. The van der Waals surface area contributed by atoms with Gasteiger partial charge >= 0.3 is 0 Å². The highest BCUT2D eigenvalue weighted by Gasteiger charge is 2.36. The lowest BCUT2D eigenvalue weighted by molar-refractivity contribution is -0.147. The molecular formula is C20H25N3O2. The monoisotopic (exact) mass is 339 g/mol. The van der Waals surface area contributed by atoms with Gasteiger partial charge in [0.25, 0.3) is 0 Å². The van der Waals surface area contributed by atoms with Crippen LogP contribution in [0.1, 0.15) is 17.2 Å². The van der Waals surface area contributed by atoms with Crippen molar-refractivity contribution >= 4 is 5.91 Å². The Bertz CT molecular complexity index is 676. The molecular weight excluding hydrogens is 314 g/mol. The predicted molar refractivity (Wildman–Crippen MR) is 97.1 cm³/mol. The van der Waals surface area contributed by atoms with Crippen LogP contribution >= 0.6 is 0 Å². The lowest BCUT2D eigenvalue weighted by Crippen LogP contribution is -2.51. The van der Waals surface area contributed by atoms with Gasteiger partial charge in [-0.2, -0.15) is 0 Å². The Morgan fingerprint density at radius 2 is 2.04 bits per heavy atom. The molecule has 0 aliphatic carbocycles. The van der Waals surface area contributed by atoms with E-state index in [1.807, 2.05) is 49.3 Å². The Labute approximate surface area is 149 Å². The lowest BCUT2D eigenvalue weighted by atomic mass is 9.96. The zero-order valence-corrected chi connectivity index (χ0v) is 14.8. The van der Waals surface area contributed by atoms with Crippen LogP contribution in [0.25, 0.3) is 0 Å². The van der Waals surface area contributed by atoms with Gasteiger partial charge in [-0.15, -0.1) is 0 Å². The number of carbonyl (C=O) groups is 1. The first-order valence-electron chi connectivity index (χ1n) is 8.65. The van der Waals surface area contributed by atoms with Crippen LogP contribution in [0.2, 0.25) is 0 Å². The fraction of sp³-hybridized carbons (Fsp3) is 0.400. The summed E-state index contributed by atoms with van der Waals surface area (Å²) in [6.07, 6.45) is 3.81. The van der Waals surface area contributed by atoms with Crippen molar-refractivity contribution in [2.24, 2.45) is 0 Å². The number of benzene rings is 1. The van der Waals surface area contributed by atoms with Crippen LogP contribution in [-0.4, -0.2) is 60.6 Å². The molecule has 1 aliphatic heterocycles. The van der Waals surface area contributed by atoms with Gasteiger partial charge in [-0.05, 0) is 31.3 Å². The minimum absolute atomic E-state index is 0.0380. The van der Waals surface area contributed by atoms with Gasteiger partial charge in [-0.3, -0.25) is 9.78 Å². The topological polar surface area (TPSA) is 45.7 Å². The van der Waals surface area contributed by atoms with Crippen molar-refractivity contribution in [2.45, 2.75) is 18.6 Å². The molecule has 5 nitrogen and oxygen atoms in total. The molecule has 132 valence electrons.